The minimum Gasteiger partial charge on any atom is -0.375 e. The first-order chi connectivity index (χ1) is 10.0. The summed E-state index contributed by atoms with van der Waals surface area (Å²) in [6.07, 6.45) is 3.30. The molecular formula is C14H12F2N2O2S. The number of nitrogens with one attached hydrogen (secondary N) is 1. The predicted molar refractivity (Wildman–Crippen MR) is 76.7 cm³/mol. The molecule has 1 aromatic heterocycles. The average molecular weight is 310 g/mol. The van der Waals surface area contributed by atoms with E-state index < -0.39 is 22.2 Å². The summed E-state index contributed by atoms with van der Waals surface area (Å²) < 4.78 is 27.5. The molecule has 0 bridgehead atoms. The van der Waals surface area contributed by atoms with Crippen molar-refractivity contribution in [3.05, 3.63) is 55.3 Å². The van der Waals surface area contributed by atoms with Crippen molar-refractivity contribution in [2.24, 2.45) is 0 Å². The van der Waals surface area contributed by atoms with Gasteiger partial charge >= 0.3 is 0 Å². The smallest absolute Gasteiger partial charge is 0.275 e. The first kappa shape index (κ1) is 13.9. The van der Waals surface area contributed by atoms with E-state index in [1.807, 2.05) is 0 Å². The van der Waals surface area contributed by atoms with Gasteiger partial charge in [0.25, 0.3) is 5.69 Å². The van der Waals surface area contributed by atoms with E-state index >= 15 is 0 Å². The van der Waals surface area contributed by atoms with Crippen LogP contribution in [0.15, 0.2) is 18.2 Å². The molecule has 1 heterocycles. The van der Waals surface area contributed by atoms with Gasteiger partial charge in [-0.2, -0.15) is 0 Å². The van der Waals surface area contributed by atoms with Crippen LogP contribution in [0.4, 0.5) is 20.2 Å². The zero-order valence-electron chi connectivity index (χ0n) is 11.0. The Morgan fingerprint density at radius 2 is 1.95 bits per heavy atom. The van der Waals surface area contributed by atoms with Gasteiger partial charge in [0.05, 0.1) is 17.1 Å². The largest absolute Gasteiger partial charge is 0.375 e. The predicted octanol–water partition coefficient (Wildman–Crippen LogP) is 4.04. The van der Waals surface area contributed by atoms with Crippen LogP contribution < -0.4 is 5.32 Å². The van der Waals surface area contributed by atoms with Crippen LogP contribution in [0.1, 0.15) is 21.7 Å². The minimum atomic E-state index is -0.953. The summed E-state index contributed by atoms with van der Waals surface area (Å²) in [6.45, 7) is 0.309. The second-order valence-corrected chi connectivity index (χ2v) is 6.13. The zero-order valence-corrected chi connectivity index (χ0v) is 11.8. The maximum absolute atomic E-state index is 13.7. The molecule has 0 radical (unpaired) electrons. The molecule has 0 fully saturated rings. The van der Waals surface area contributed by atoms with Crippen LogP contribution in [-0.4, -0.2) is 4.92 Å². The molecule has 3 rings (SSSR count). The molecule has 0 amide bonds. The number of nitro benzene ring substituents is 1. The van der Waals surface area contributed by atoms with Gasteiger partial charge in [0.1, 0.15) is 5.69 Å². The van der Waals surface area contributed by atoms with Gasteiger partial charge in [0.2, 0.25) is 0 Å². The fraction of sp³-hybridized carbons (Fsp3) is 0.286. The molecule has 4 nitrogen and oxygen atoms in total. The molecular weight excluding hydrogens is 298 g/mol. The van der Waals surface area contributed by atoms with Crippen LogP contribution in [-0.2, 0) is 19.4 Å². The number of nitro groups is 1. The Labute approximate surface area is 123 Å². The first-order valence-electron chi connectivity index (χ1n) is 6.52. The first-order valence-corrected chi connectivity index (χ1v) is 7.34. The van der Waals surface area contributed by atoms with E-state index in [4.69, 9.17) is 0 Å². The van der Waals surface area contributed by atoms with Gasteiger partial charge in [-0.1, -0.05) is 0 Å². The van der Waals surface area contributed by atoms with Crippen molar-refractivity contribution in [1.82, 2.24) is 0 Å². The van der Waals surface area contributed by atoms with Gasteiger partial charge in [-0.05, 0) is 30.9 Å². The fourth-order valence-electron chi connectivity index (χ4n) is 2.49. The lowest BCUT2D eigenvalue weighted by Crippen LogP contribution is -2.04. The monoisotopic (exact) mass is 310 g/mol. The number of halogens is 2. The number of benzene rings is 1. The highest BCUT2D eigenvalue weighted by Crippen LogP contribution is 2.31. The molecule has 0 saturated heterocycles. The number of fused-ring (bicyclic) bond motifs is 1. The van der Waals surface area contributed by atoms with Gasteiger partial charge in [-0.25, -0.2) is 8.78 Å². The molecule has 0 saturated carbocycles. The molecule has 0 aliphatic heterocycles. The molecule has 110 valence electrons. The summed E-state index contributed by atoms with van der Waals surface area (Å²) in [5.41, 5.74) is 0.404. The maximum atomic E-state index is 13.7. The summed E-state index contributed by atoms with van der Waals surface area (Å²) in [6, 6.07) is 3.50. The van der Waals surface area contributed by atoms with Crippen LogP contribution >= 0.6 is 11.3 Å². The van der Waals surface area contributed by atoms with Crippen LogP contribution in [0, 0.1) is 21.7 Å². The Balaban J connectivity index is 1.76. The van der Waals surface area contributed by atoms with Crippen molar-refractivity contribution in [3.8, 4) is 0 Å². The van der Waals surface area contributed by atoms with Gasteiger partial charge in [-0.15, -0.1) is 11.3 Å². The summed E-state index contributed by atoms with van der Waals surface area (Å²) in [5, 5.41) is 13.2. The Hall–Kier alpha value is -2.02. The molecule has 1 N–H and O–H groups in total. The lowest BCUT2D eigenvalue weighted by molar-refractivity contribution is -0.385. The number of nitrogens with zero attached hydrogens (tertiary/aromatic N) is 1. The summed E-state index contributed by atoms with van der Waals surface area (Å²) in [5.74, 6) is -1.91. The Bertz CT molecular complexity index is 670. The number of anilines is 1. The molecule has 1 aliphatic rings. The zero-order chi connectivity index (χ0) is 15.0. The third kappa shape index (κ3) is 2.73. The second kappa shape index (κ2) is 5.40. The summed E-state index contributed by atoms with van der Waals surface area (Å²) in [4.78, 5) is 12.1. The van der Waals surface area contributed by atoms with Gasteiger partial charge in [0, 0.05) is 16.3 Å². The van der Waals surface area contributed by atoms with Crippen LogP contribution in [0.25, 0.3) is 0 Å². The number of aryl methyl sites for hydroxylation is 2. The number of non-ortho nitro benzene ring substituents is 1. The standard InChI is InChI=1S/C14H12F2N2O2S/c15-11-5-9(18(19)20)6-12(16)14(11)17-7-10-4-8-2-1-3-13(8)21-10/h4-6,17H,1-3,7H2. The average Bonchev–Trinajstić information content (AvgIpc) is 2.98. The van der Waals surface area contributed by atoms with Crippen LogP contribution in [0.3, 0.4) is 0 Å². The second-order valence-electron chi connectivity index (χ2n) is 4.91. The molecule has 21 heavy (non-hydrogen) atoms. The summed E-state index contributed by atoms with van der Waals surface area (Å²) in [7, 11) is 0. The number of thiophene rings is 1. The minimum absolute atomic E-state index is 0.309. The van der Waals surface area contributed by atoms with Crippen molar-refractivity contribution >= 4 is 22.7 Å². The molecule has 1 aliphatic carbocycles. The highest BCUT2D eigenvalue weighted by molar-refractivity contribution is 7.12. The highest BCUT2D eigenvalue weighted by Gasteiger charge is 2.18. The molecule has 0 atom stereocenters. The fourth-order valence-corrected chi connectivity index (χ4v) is 3.69. The van der Waals surface area contributed by atoms with E-state index in [-0.39, 0.29) is 5.69 Å². The van der Waals surface area contributed by atoms with Crippen molar-refractivity contribution in [3.63, 3.8) is 0 Å². The van der Waals surface area contributed by atoms with Crippen molar-refractivity contribution in [2.75, 3.05) is 5.32 Å². The van der Waals surface area contributed by atoms with Crippen LogP contribution in [0.2, 0.25) is 0 Å². The summed E-state index contributed by atoms with van der Waals surface area (Å²) >= 11 is 1.65. The third-order valence-corrected chi connectivity index (χ3v) is 4.71. The number of rotatable bonds is 4. The molecule has 2 aromatic rings. The molecule has 0 spiro atoms. The van der Waals surface area contributed by atoms with Crippen LogP contribution in [0.5, 0.6) is 0 Å². The molecule has 0 unspecified atom stereocenters. The Kier molecular flexibility index (Phi) is 3.59. The molecule has 7 heteroatoms. The van der Waals surface area contributed by atoms with Gasteiger partial charge < -0.3 is 5.32 Å². The SMILES string of the molecule is O=[N+]([O-])c1cc(F)c(NCc2cc3c(s2)CCC3)c(F)c1. The lowest BCUT2D eigenvalue weighted by atomic mass is 10.2. The number of hydrogen-bond acceptors (Lipinski definition) is 4. The Morgan fingerprint density at radius 1 is 1.24 bits per heavy atom. The van der Waals surface area contributed by atoms with Gasteiger partial charge in [-0.3, -0.25) is 10.1 Å². The number of hydrogen-bond donors (Lipinski definition) is 1. The topological polar surface area (TPSA) is 55.2 Å². The van der Waals surface area contributed by atoms with E-state index in [2.05, 4.69) is 11.4 Å². The maximum Gasteiger partial charge on any atom is 0.275 e. The van der Waals surface area contributed by atoms with Crippen molar-refractivity contribution in [2.45, 2.75) is 25.8 Å². The Morgan fingerprint density at radius 3 is 2.57 bits per heavy atom. The third-order valence-electron chi connectivity index (χ3n) is 3.47. The van der Waals surface area contributed by atoms with E-state index in [1.54, 1.807) is 11.3 Å². The van der Waals surface area contributed by atoms with E-state index in [9.17, 15) is 18.9 Å². The highest BCUT2D eigenvalue weighted by atomic mass is 32.1. The lowest BCUT2D eigenvalue weighted by Gasteiger charge is -2.07. The van der Waals surface area contributed by atoms with E-state index in [0.29, 0.717) is 6.54 Å². The van der Waals surface area contributed by atoms with Gasteiger partial charge in [0.15, 0.2) is 11.6 Å². The van der Waals surface area contributed by atoms with Crippen molar-refractivity contribution < 1.29 is 13.7 Å². The van der Waals surface area contributed by atoms with Crippen molar-refractivity contribution in [1.29, 1.82) is 0 Å². The van der Waals surface area contributed by atoms with E-state index in [0.717, 1.165) is 29.9 Å². The normalized spacial score (nSPS) is 13.2. The molecule has 1 aromatic carbocycles. The van der Waals surface area contributed by atoms with E-state index in [1.165, 1.54) is 16.9 Å². The quantitative estimate of drug-likeness (QED) is 0.685.